The van der Waals surface area contributed by atoms with Gasteiger partial charge in [0.2, 0.25) is 0 Å². The van der Waals surface area contributed by atoms with Crippen LogP contribution in [-0.2, 0) is 5.75 Å². The fourth-order valence-corrected chi connectivity index (χ4v) is 4.56. The van der Waals surface area contributed by atoms with Crippen molar-refractivity contribution in [2.24, 2.45) is 0 Å². The SMILES string of the molecule is COc1ccc(-c2nn(-c3ccccc3)cc2CSc2nncn2-c2ccccc2OC)cc1. The summed E-state index contributed by atoms with van der Waals surface area (Å²) < 4.78 is 14.7. The Balaban J connectivity index is 1.48. The van der Waals surface area contributed by atoms with Gasteiger partial charge in [-0.3, -0.25) is 4.57 Å². The molecule has 0 aliphatic carbocycles. The number of para-hydroxylation sites is 3. The highest BCUT2D eigenvalue weighted by Gasteiger charge is 2.16. The minimum absolute atomic E-state index is 0.669. The van der Waals surface area contributed by atoms with Crippen molar-refractivity contribution in [3.63, 3.8) is 0 Å². The summed E-state index contributed by atoms with van der Waals surface area (Å²) in [4.78, 5) is 0. The van der Waals surface area contributed by atoms with Crippen molar-refractivity contribution in [1.29, 1.82) is 0 Å². The molecule has 0 amide bonds. The third kappa shape index (κ3) is 4.40. The van der Waals surface area contributed by atoms with Crippen LogP contribution in [0, 0.1) is 0 Å². The largest absolute Gasteiger partial charge is 0.497 e. The second-order valence-corrected chi connectivity index (χ2v) is 8.40. The quantitative estimate of drug-likeness (QED) is 0.282. The number of rotatable bonds is 8. The van der Waals surface area contributed by atoms with Crippen LogP contribution in [-0.4, -0.2) is 38.8 Å². The zero-order chi connectivity index (χ0) is 23.3. The van der Waals surface area contributed by atoms with Gasteiger partial charge in [0.1, 0.15) is 17.8 Å². The molecule has 0 atom stereocenters. The molecule has 34 heavy (non-hydrogen) atoms. The molecular formula is C26H23N5O2S. The third-order valence-electron chi connectivity index (χ3n) is 5.39. The van der Waals surface area contributed by atoms with E-state index in [1.807, 2.05) is 88.1 Å². The zero-order valence-electron chi connectivity index (χ0n) is 18.8. The number of aromatic nitrogens is 5. The Morgan fingerprint density at radius 3 is 2.38 bits per heavy atom. The number of thioether (sulfide) groups is 1. The molecule has 0 aliphatic heterocycles. The van der Waals surface area contributed by atoms with Gasteiger partial charge < -0.3 is 9.47 Å². The number of methoxy groups -OCH3 is 2. The average Bonchev–Trinajstić information content (AvgIpc) is 3.55. The maximum atomic E-state index is 5.53. The van der Waals surface area contributed by atoms with Gasteiger partial charge in [-0.25, -0.2) is 4.68 Å². The van der Waals surface area contributed by atoms with Crippen LogP contribution in [0.4, 0.5) is 0 Å². The molecule has 8 heteroatoms. The normalized spacial score (nSPS) is 10.9. The number of ether oxygens (including phenoxy) is 2. The lowest BCUT2D eigenvalue weighted by atomic mass is 10.1. The number of hydrogen-bond donors (Lipinski definition) is 0. The predicted molar refractivity (Wildman–Crippen MR) is 133 cm³/mol. The molecule has 0 saturated carbocycles. The fourth-order valence-electron chi connectivity index (χ4n) is 3.68. The summed E-state index contributed by atoms with van der Waals surface area (Å²) in [6.45, 7) is 0. The second-order valence-electron chi connectivity index (χ2n) is 7.46. The van der Waals surface area contributed by atoms with Crippen LogP contribution in [0.2, 0.25) is 0 Å². The highest BCUT2D eigenvalue weighted by atomic mass is 32.2. The van der Waals surface area contributed by atoms with Crippen molar-refractivity contribution >= 4 is 11.8 Å². The summed E-state index contributed by atoms with van der Waals surface area (Å²) in [5, 5.41) is 14.2. The van der Waals surface area contributed by atoms with E-state index in [1.54, 1.807) is 32.3 Å². The number of hydrogen-bond acceptors (Lipinski definition) is 6. The monoisotopic (exact) mass is 469 g/mol. The standard InChI is InChI=1S/C26H23N5O2S/c1-32-22-14-12-19(13-15-22)25-20(16-31(29-25)21-8-4-3-5-9-21)17-34-26-28-27-18-30(26)23-10-6-7-11-24(23)33-2/h3-16,18H,17H2,1-2H3. The van der Waals surface area contributed by atoms with Gasteiger partial charge >= 0.3 is 0 Å². The summed E-state index contributed by atoms with van der Waals surface area (Å²) in [6, 6.07) is 25.9. The molecule has 2 aromatic heterocycles. The molecule has 2 heterocycles. The van der Waals surface area contributed by atoms with Gasteiger partial charge in [-0.05, 0) is 48.5 Å². The van der Waals surface area contributed by atoms with Gasteiger partial charge in [0.25, 0.3) is 0 Å². The average molecular weight is 470 g/mol. The fraction of sp³-hybridized carbons (Fsp3) is 0.115. The van der Waals surface area contributed by atoms with Crippen LogP contribution >= 0.6 is 11.8 Å². The third-order valence-corrected chi connectivity index (χ3v) is 6.38. The lowest BCUT2D eigenvalue weighted by Gasteiger charge is -2.10. The Morgan fingerprint density at radius 1 is 0.853 bits per heavy atom. The van der Waals surface area contributed by atoms with Crippen molar-refractivity contribution in [3.8, 4) is 34.1 Å². The Kier molecular flexibility index (Phi) is 6.31. The van der Waals surface area contributed by atoms with Gasteiger partial charge in [-0.1, -0.05) is 42.1 Å². The zero-order valence-corrected chi connectivity index (χ0v) is 19.6. The van der Waals surface area contributed by atoms with Crippen LogP contribution in [0.5, 0.6) is 11.5 Å². The predicted octanol–water partition coefficient (Wildman–Crippen LogP) is 5.43. The van der Waals surface area contributed by atoms with Crippen molar-refractivity contribution < 1.29 is 9.47 Å². The van der Waals surface area contributed by atoms with Crippen molar-refractivity contribution in [2.45, 2.75) is 10.9 Å². The first-order valence-corrected chi connectivity index (χ1v) is 11.7. The van der Waals surface area contributed by atoms with E-state index < -0.39 is 0 Å². The molecule has 0 N–H and O–H groups in total. The molecule has 0 spiro atoms. The molecule has 3 aromatic carbocycles. The summed E-state index contributed by atoms with van der Waals surface area (Å²) in [5.74, 6) is 2.24. The molecule has 0 saturated heterocycles. The highest BCUT2D eigenvalue weighted by molar-refractivity contribution is 7.98. The minimum Gasteiger partial charge on any atom is -0.497 e. The smallest absolute Gasteiger partial charge is 0.196 e. The first-order valence-electron chi connectivity index (χ1n) is 10.7. The molecular weight excluding hydrogens is 446 g/mol. The summed E-state index contributed by atoms with van der Waals surface area (Å²) in [6.07, 6.45) is 3.78. The summed E-state index contributed by atoms with van der Waals surface area (Å²) >= 11 is 1.60. The van der Waals surface area contributed by atoms with E-state index in [2.05, 4.69) is 16.4 Å². The van der Waals surface area contributed by atoms with E-state index in [0.717, 1.165) is 44.9 Å². The highest BCUT2D eigenvalue weighted by Crippen LogP contribution is 2.32. The molecule has 0 aliphatic rings. The lowest BCUT2D eigenvalue weighted by molar-refractivity contribution is 0.412. The Labute approximate surface area is 202 Å². The van der Waals surface area contributed by atoms with E-state index in [4.69, 9.17) is 14.6 Å². The second kappa shape index (κ2) is 9.84. The van der Waals surface area contributed by atoms with Gasteiger partial charge in [-0.15, -0.1) is 10.2 Å². The number of nitrogens with zero attached hydrogens (tertiary/aromatic N) is 5. The van der Waals surface area contributed by atoms with Crippen LogP contribution in [0.25, 0.3) is 22.6 Å². The first kappa shape index (κ1) is 21.8. The molecule has 5 aromatic rings. The van der Waals surface area contributed by atoms with E-state index in [1.165, 1.54) is 0 Å². The van der Waals surface area contributed by atoms with Gasteiger partial charge in [0, 0.05) is 23.1 Å². The van der Waals surface area contributed by atoms with Crippen LogP contribution in [0.1, 0.15) is 5.56 Å². The van der Waals surface area contributed by atoms with E-state index in [-0.39, 0.29) is 0 Å². The topological polar surface area (TPSA) is 67.0 Å². The first-order chi connectivity index (χ1) is 16.8. The van der Waals surface area contributed by atoms with Crippen molar-refractivity contribution in [1.82, 2.24) is 24.5 Å². The lowest BCUT2D eigenvalue weighted by Crippen LogP contribution is -1.98. The molecule has 7 nitrogen and oxygen atoms in total. The molecule has 0 radical (unpaired) electrons. The molecule has 170 valence electrons. The molecule has 0 fully saturated rings. The van der Waals surface area contributed by atoms with E-state index in [0.29, 0.717) is 5.75 Å². The summed E-state index contributed by atoms with van der Waals surface area (Å²) in [5.41, 5.74) is 4.94. The van der Waals surface area contributed by atoms with E-state index >= 15 is 0 Å². The van der Waals surface area contributed by atoms with Crippen LogP contribution in [0.15, 0.2) is 96.5 Å². The molecule has 0 bridgehead atoms. The minimum atomic E-state index is 0.669. The van der Waals surface area contributed by atoms with Crippen LogP contribution < -0.4 is 9.47 Å². The van der Waals surface area contributed by atoms with Crippen molar-refractivity contribution in [2.75, 3.05) is 14.2 Å². The molecule has 0 unspecified atom stereocenters. The van der Waals surface area contributed by atoms with Gasteiger partial charge in [0.15, 0.2) is 5.16 Å². The van der Waals surface area contributed by atoms with Gasteiger partial charge in [-0.2, -0.15) is 5.10 Å². The maximum Gasteiger partial charge on any atom is 0.196 e. The van der Waals surface area contributed by atoms with Crippen LogP contribution in [0.3, 0.4) is 0 Å². The van der Waals surface area contributed by atoms with Gasteiger partial charge in [0.05, 0.1) is 31.3 Å². The molecule has 5 rings (SSSR count). The Morgan fingerprint density at radius 2 is 1.62 bits per heavy atom. The Bertz CT molecular complexity index is 1380. The Hall–Kier alpha value is -4.04. The summed E-state index contributed by atoms with van der Waals surface area (Å²) in [7, 11) is 3.33. The van der Waals surface area contributed by atoms with Crippen molar-refractivity contribution in [3.05, 3.63) is 97.0 Å². The number of benzene rings is 3. The maximum absolute atomic E-state index is 5.53. The van der Waals surface area contributed by atoms with E-state index in [9.17, 15) is 0 Å².